The number of pyridine rings is 1. The molecule has 5 aromatic heterocycles. The number of para-hydroxylation sites is 2. The van der Waals surface area contributed by atoms with Crippen LogP contribution in [0.2, 0.25) is 0 Å². The van der Waals surface area contributed by atoms with Gasteiger partial charge in [-0.15, -0.1) is 0 Å². The van der Waals surface area contributed by atoms with Crippen LogP contribution in [-0.2, 0) is 10.8 Å². The van der Waals surface area contributed by atoms with Crippen LogP contribution in [0.4, 0.5) is 17.1 Å². The Labute approximate surface area is 353 Å². The van der Waals surface area contributed by atoms with Crippen molar-refractivity contribution < 1.29 is 0 Å². The molecule has 8 aromatic carbocycles. The highest BCUT2D eigenvalue weighted by atomic mass is 15.2. The number of hydrogen-bond acceptors (Lipinski definition) is 2. The van der Waals surface area contributed by atoms with Gasteiger partial charge in [0.2, 0.25) is 0 Å². The van der Waals surface area contributed by atoms with Crippen LogP contribution in [0.25, 0.3) is 97.9 Å². The minimum Gasteiger partial charge on any atom is -0.308 e. The second-order valence-electron chi connectivity index (χ2n) is 19.3. The molecule has 0 spiro atoms. The SMILES string of the molecule is CC(C)(C)c1cc(N(c2ccccc2)c2ccccc2)c2c(c1)c1c3ccccc3cc3c4c5c6cc(C(C)(C)C)cc7c8cc9ccccc9cc8n(c5ncc4n2c31)c76. The summed E-state index contributed by atoms with van der Waals surface area (Å²) in [5, 5.41) is 15.2. The van der Waals surface area contributed by atoms with E-state index in [0.29, 0.717) is 0 Å². The van der Waals surface area contributed by atoms with E-state index >= 15 is 0 Å². The largest absolute Gasteiger partial charge is 0.308 e. The molecule has 292 valence electrons. The van der Waals surface area contributed by atoms with Crippen LogP contribution < -0.4 is 4.90 Å². The topological polar surface area (TPSA) is 24.9 Å². The first-order valence-electron chi connectivity index (χ1n) is 21.6. The molecule has 0 saturated carbocycles. The highest BCUT2D eigenvalue weighted by Gasteiger charge is 2.31. The van der Waals surface area contributed by atoms with E-state index in [2.05, 4.69) is 213 Å². The molecule has 0 radical (unpaired) electrons. The maximum Gasteiger partial charge on any atom is 0.146 e. The number of fused-ring (bicyclic) bond motifs is 16. The van der Waals surface area contributed by atoms with Crippen molar-refractivity contribution in [3.63, 3.8) is 0 Å². The molecule has 0 N–H and O–H groups in total. The Morgan fingerprint density at radius 1 is 0.410 bits per heavy atom. The molecule has 4 nitrogen and oxygen atoms in total. The van der Waals surface area contributed by atoms with Crippen molar-refractivity contribution in [2.75, 3.05) is 4.90 Å². The van der Waals surface area contributed by atoms with Crippen LogP contribution in [0.3, 0.4) is 0 Å². The van der Waals surface area contributed by atoms with Gasteiger partial charge in [0.15, 0.2) is 0 Å². The normalized spacial score (nSPS) is 13.1. The summed E-state index contributed by atoms with van der Waals surface area (Å²) in [6.07, 6.45) is 2.17. The maximum atomic E-state index is 5.57. The molecule has 61 heavy (non-hydrogen) atoms. The lowest BCUT2D eigenvalue weighted by Gasteiger charge is -2.29. The molecule has 0 atom stereocenters. The van der Waals surface area contributed by atoms with E-state index in [-0.39, 0.29) is 10.8 Å². The van der Waals surface area contributed by atoms with Gasteiger partial charge in [0.1, 0.15) is 5.65 Å². The molecule has 13 aromatic rings. The molecule has 0 aliphatic rings. The lowest BCUT2D eigenvalue weighted by Crippen LogP contribution is -2.15. The van der Waals surface area contributed by atoms with Crippen molar-refractivity contribution in [2.45, 2.75) is 52.4 Å². The van der Waals surface area contributed by atoms with Gasteiger partial charge < -0.3 is 9.30 Å². The van der Waals surface area contributed by atoms with Gasteiger partial charge in [-0.25, -0.2) is 4.98 Å². The summed E-state index contributed by atoms with van der Waals surface area (Å²) in [6.45, 7) is 14.0. The van der Waals surface area contributed by atoms with E-state index < -0.39 is 0 Å². The molecule has 0 saturated heterocycles. The average molecular weight is 785 g/mol. The molecule has 0 bridgehead atoms. The van der Waals surface area contributed by atoms with Crippen molar-refractivity contribution in [1.29, 1.82) is 0 Å². The van der Waals surface area contributed by atoms with Crippen molar-refractivity contribution in [1.82, 2.24) is 13.8 Å². The molecule has 0 unspecified atom stereocenters. The molecule has 13 rings (SSSR count). The molecule has 0 aliphatic heterocycles. The minimum absolute atomic E-state index is 0.0558. The van der Waals surface area contributed by atoms with E-state index in [4.69, 9.17) is 4.98 Å². The first-order valence-corrected chi connectivity index (χ1v) is 21.6. The van der Waals surface area contributed by atoms with E-state index in [1.165, 1.54) is 97.8 Å². The fraction of sp³-hybridized carbons (Fsp3) is 0.140. The smallest absolute Gasteiger partial charge is 0.146 e. The number of benzene rings is 8. The summed E-state index contributed by atoms with van der Waals surface area (Å²) in [5.74, 6) is 0. The van der Waals surface area contributed by atoms with Crippen molar-refractivity contribution in [3.8, 4) is 0 Å². The van der Waals surface area contributed by atoms with Gasteiger partial charge in [0.25, 0.3) is 0 Å². The van der Waals surface area contributed by atoms with Gasteiger partial charge in [-0.2, -0.15) is 0 Å². The lowest BCUT2D eigenvalue weighted by atomic mass is 9.85. The number of rotatable bonds is 3. The van der Waals surface area contributed by atoms with E-state index in [9.17, 15) is 0 Å². The zero-order valence-corrected chi connectivity index (χ0v) is 35.3. The van der Waals surface area contributed by atoms with Gasteiger partial charge in [0, 0.05) is 54.5 Å². The average Bonchev–Trinajstić information content (AvgIpc) is 3.98. The Balaban J connectivity index is 1.29. The summed E-state index contributed by atoms with van der Waals surface area (Å²) >= 11 is 0. The monoisotopic (exact) mass is 784 g/mol. The third-order valence-corrected chi connectivity index (χ3v) is 13.6. The van der Waals surface area contributed by atoms with Crippen molar-refractivity contribution in [3.05, 3.63) is 169 Å². The van der Waals surface area contributed by atoms with Gasteiger partial charge in [-0.05, 0) is 110 Å². The third-order valence-electron chi connectivity index (χ3n) is 13.6. The summed E-state index contributed by atoms with van der Waals surface area (Å²) in [7, 11) is 0. The summed E-state index contributed by atoms with van der Waals surface area (Å²) in [4.78, 5) is 8.02. The van der Waals surface area contributed by atoms with Crippen LogP contribution in [0.5, 0.6) is 0 Å². The second kappa shape index (κ2) is 11.8. The quantitative estimate of drug-likeness (QED) is 0.178. The third kappa shape index (κ3) is 4.62. The Morgan fingerprint density at radius 3 is 1.62 bits per heavy atom. The predicted octanol–water partition coefficient (Wildman–Crippen LogP) is 15.8. The summed E-state index contributed by atoms with van der Waals surface area (Å²) < 4.78 is 5.03. The van der Waals surface area contributed by atoms with Crippen molar-refractivity contribution in [2.24, 2.45) is 0 Å². The first kappa shape index (κ1) is 34.7. The van der Waals surface area contributed by atoms with E-state index in [1.54, 1.807) is 0 Å². The molecule has 0 fully saturated rings. The van der Waals surface area contributed by atoms with E-state index in [1.807, 2.05) is 0 Å². The summed E-state index contributed by atoms with van der Waals surface area (Å²) in [6, 6.07) is 56.5. The predicted molar refractivity (Wildman–Crippen MR) is 261 cm³/mol. The number of aromatic nitrogens is 3. The van der Waals surface area contributed by atoms with Crippen LogP contribution in [0.15, 0.2) is 158 Å². The molecule has 0 aliphatic carbocycles. The minimum atomic E-state index is -0.0980. The van der Waals surface area contributed by atoms with Crippen LogP contribution in [0, 0.1) is 0 Å². The zero-order valence-electron chi connectivity index (χ0n) is 35.3. The number of hydrogen-bond donors (Lipinski definition) is 0. The van der Waals surface area contributed by atoms with Crippen molar-refractivity contribution >= 4 is 115 Å². The molecule has 0 amide bonds. The van der Waals surface area contributed by atoms with Gasteiger partial charge in [0.05, 0.1) is 39.5 Å². The Kier molecular flexibility index (Phi) is 6.69. The highest BCUT2D eigenvalue weighted by Crippen LogP contribution is 2.52. The molecular weight excluding hydrogens is 741 g/mol. The fourth-order valence-electron chi connectivity index (χ4n) is 10.6. The first-order chi connectivity index (χ1) is 29.5. The fourth-order valence-corrected chi connectivity index (χ4v) is 10.6. The Bertz CT molecular complexity index is 3890. The van der Waals surface area contributed by atoms with Gasteiger partial charge in [-0.3, -0.25) is 4.40 Å². The Morgan fingerprint density at radius 2 is 0.951 bits per heavy atom. The van der Waals surface area contributed by atoms with Crippen LogP contribution >= 0.6 is 0 Å². The number of anilines is 3. The highest BCUT2D eigenvalue weighted by molar-refractivity contribution is 6.38. The maximum absolute atomic E-state index is 5.57. The molecular formula is C57H44N4. The van der Waals surface area contributed by atoms with Crippen LogP contribution in [0.1, 0.15) is 52.7 Å². The number of nitrogens with zero attached hydrogens (tertiary/aromatic N) is 4. The zero-order chi connectivity index (χ0) is 41.1. The van der Waals surface area contributed by atoms with E-state index in [0.717, 1.165) is 28.2 Å². The lowest BCUT2D eigenvalue weighted by molar-refractivity contribution is 0.591. The van der Waals surface area contributed by atoms with Gasteiger partial charge >= 0.3 is 0 Å². The Hall–Kier alpha value is -7.17. The summed E-state index contributed by atoms with van der Waals surface area (Å²) in [5.41, 5.74) is 12.9. The van der Waals surface area contributed by atoms with Gasteiger partial charge in [-0.1, -0.05) is 126 Å². The molecule has 4 heteroatoms. The van der Waals surface area contributed by atoms with Crippen LogP contribution in [-0.4, -0.2) is 13.8 Å². The second-order valence-corrected chi connectivity index (χ2v) is 19.3. The standard InChI is InChI=1S/C57H44N4/c1-56(2,3)36-28-42-41-25-33-17-13-14-18-34(33)27-46(41)61-52(42)45(29-36)51-50-43-26-35-19-15-16-24-40(35)49-44-30-37(57(4,5)6)31-47(53(44)60(54(43)49)48(50)32-58-55(51)61)59(38-20-9-7-10-21-38)39-22-11-8-12-23-39/h7-32H,1-6H3. The molecule has 5 heterocycles.